The average molecular weight is 353 g/mol. The zero-order chi connectivity index (χ0) is 15.9. The molecule has 9 heteroatoms. The van der Waals surface area contributed by atoms with Crippen molar-refractivity contribution in [1.29, 1.82) is 0 Å². The van der Waals surface area contributed by atoms with E-state index in [1.807, 2.05) is 27.8 Å². The number of nitrogens with one attached hydrogen (secondary N) is 2. The lowest BCUT2D eigenvalue weighted by atomic mass is 10.2. The number of nitrogens with zero attached hydrogens (tertiary/aromatic N) is 3. The van der Waals surface area contributed by atoms with Crippen LogP contribution >= 0.6 is 34.4 Å². The van der Waals surface area contributed by atoms with Crippen LogP contribution in [0.15, 0.2) is 9.13 Å². The third-order valence-electron chi connectivity index (χ3n) is 3.34. The molecular weight excluding hydrogens is 338 g/mol. The van der Waals surface area contributed by atoms with E-state index in [9.17, 15) is 4.79 Å². The second-order valence-electron chi connectivity index (χ2n) is 4.80. The first kappa shape index (κ1) is 15.4. The Morgan fingerprint density at radius 1 is 1.27 bits per heavy atom. The highest BCUT2D eigenvalue weighted by molar-refractivity contribution is 8.01. The quantitative estimate of drug-likeness (QED) is 0.700. The predicted octanol–water partition coefficient (Wildman–Crippen LogP) is 3.35. The van der Waals surface area contributed by atoms with Crippen LogP contribution in [0.4, 0.5) is 5.13 Å². The van der Waals surface area contributed by atoms with E-state index >= 15 is 0 Å². The van der Waals surface area contributed by atoms with Crippen molar-refractivity contribution in [3.8, 4) is 0 Å². The maximum Gasteiger partial charge on any atom is 0.259 e. The lowest BCUT2D eigenvalue weighted by molar-refractivity contribution is 0.919. The fourth-order valence-corrected chi connectivity index (χ4v) is 4.97. The van der Waals surface area contributed by atoms with Gasteiger partial charge in [-0.25, -0.2) is 4.98 Å². The molecular formula is C13H15N5OS3. The molecule has 0 radical (unpaired) electrons. The molecule has 2 N–H and O–H groups in total. The summed E-state index contributed by atoms with van der Waals surface area (Å²) in [6, 6.07) is 0. The van der Waals surface area contributed by atoms with Gasteiger partial charge in [0.05, 0.1) is 10.6 Å². The van der Waals surface area contributed by atoms with E-state index in [0.717, 1.165) is 24.7 Å². The zero-order valence-electron chi connectivity index (χ0n) is 12.6. The van der Waals surface area contributed by atoms with Crippen molar-refractivity contribution in [1.82, 2.24) is 20.2 Å². The van der Waals surface area contributed by atoms with Crippen molar-refractivity contribution < 1.29 is 0 Å². The number of fused-ring (bicyclic) bond motifs is 1. The Morgan fingerprint density at radius 3 is 2.73 bits per heavy atom. The van der Waals surface area contributed by atoms with Gasteiger partial charge in [-0.2, -0.15) is 0 Å². The van der Waals surface area contributed by atoms with Crippen molar-refractivity contribution in [2.75, 3.05) is 12.4 Å². The van der Waals surface area contributed by atoms with E-state index in [0.29, 0.717) is 11.2 Å². The van der Waals surface area contributed by atoms with Crippen molar-refractivity contribution in [2.24, 2.45) is 0 Å². The molecule has 6 nitrogen and oxygen atoms in total. The Bertz CT molecular complexity index is 882. The topological polar surface area (TPSA) is 83.6 Å². The summed E-state index contributed by atoms with van der Waals surface area (Å²) in [6.07, 6.45) is 0. The molecule has 0 aliphatic carbocycles. The molecule has 3 aromatic rings. The summed E-state index contributed by atoms with van der Waals surface area (Å²) in [5, 5.41) is 12.6. The minimum absolute atomic E-state index is 0.00234. The highest BCUT2D eigenvalue weighted by Gasteiger charge is 2.17. The molecule has 0 unspecified atom stereocenters. The standard InChI is InChI=1S/C13H15N5OS3/c1-5-6(2)20-11-8(5)10(19)15-9(16-11)7(3)21-13-18-17-12(14-4)22-13/h7H,1-4H3,(H,14,17)(H,15,16,19)/t7-/m1/s1. The minimum atomic E-state index is -0.0672. The molecule has 1 atom stereocenters. The van der Waals surface area contributed by atoms with Gasteiger partial charge in [0, 0.05) is 11.9 Å². The Kier molecular flexibility index (Phi) is 4.20. The smallest absolute Gasteiger partial charge is 0.259 e. The van der Waals surface area contributed by atoms with Crippen LogP contribution in [0.5, 0.6) is 0 Å². The second kappa shape index (κ2) is 5.98. The van der Waals surface area contributed by atoms with Crippen LogP contribution in [-0.4, -0.2) is 27.2 Å². The van der Waals surface area contributed by atoms with Crippen LogP contribution < -0.4 is 10.9 Å². The first-order valence-electron chi connectivity index (χ1n) is 6.67. The van der Waals surface area contributed by atoms with Crippen LogP contribution in [0, 0.1) is 13.8 Å². The van der Waals surface area contributed by atoms with Crippen LogP contribution in [0.2, 0.25) is 0 Å². The number of thiophene rings is 1. The summed E-state index contributed by atoms with van der Waals surface area (Å²) < 4.78 is 0.845. The molecule has 116 valence electrons. The maximum absolute atomic E-state index is 12.3. The first-order valence-corrected chi connectivity index (χ1v) is 9.18. The van der Waals surface area contributed by atoms with Crippen LogP contribution in [0.3, 0.4) is 0 Å². The van der Waals surface area contributed by atoms with Gasteiger partial charge in [-0.05, 0) is 26.3 Å². The Labute approximate surface area is 139 Å². The number of H-pyrrole nitrogens is 1. The molecule has 0 saturated heterocycles. The Hall–Kier alpha value is -1.45. The number of aromatic nitrogens is 4. The zero-order valence-corrected chi connectivity index (χ0v) is 15.0. The molecule has 0 aliphatic rings. The Balaban J connectivity index is 1.93. The fourth-order valence-electron chi connectivity index (χ4n) is 2.03. The third-order valence-corrected chi connectivity index (χ3v) is 6.58. The van der Waals surface area contributed by atoms with Gasteiger partial charge in [0.2, 0.25) is 5.13 Å². The van der Waals surface area contributed by atoms with E-state index in [1.54, 1.807) is 11.3 Å². The summed E-state index contributed by atoms with van der Waals surface area (Å²) in [5.41, 5.74) is 0.950. The number of hydrogen-bond acceptors (Lipinski definition) is 8. The maximum atomic E-state index is 12.3. The van der Waals surface area contributed by atoms with Gasteiger partial charge in [0.1, 0.15) is 10.7 Å². The molecule has 0 spiro atoms. The largest absolute Gasteiger partial charge is 0.363 e. The molecule has 3 rings (SSSR count). The lowest BCUT2D eigenvalue weighted by Crippen LogP contribution is -2.12. The highest BCUT2D eigenvalue weighted by atomic mass is 32.2. The van der Waals surface area contributed by atoms with Crippen LogP contribution in [-0.2, 0) is 0 Å². The van der Waals surface area contributed by atoms with Crippen LogP contribution in [0.25, 0.3) is 10.2 Å². The minimum Gasteiger partial charge on any atom is -0.363 e. The SMILES string of the molecule is CNc1nnc(S[C@H](C)c2nc3sc(C)c(C)c3c(=O)[nH]2)s1. The summed E-state index contributed by atoms with van der Waals surface area (Å²) in [7, 11) is 1.81. The summed E-state index contributed by atoms with van der Waals surface area (Å²) >= 11 is 4.58. The summed E-state index contributed by atoms with van der Waals surface area (Å²) in [6.45, 7) is 5.98. The summed E-state index contributed by atoms with van der Waals surface area (Å²) in [5.74, 6) is 0.671. The third kappa shape index (κ3) is 2.75. The van der Waals surface area contributed by atoms with Gasteiger partial charge in [0.25, 0.3) is 5.56 Å². The normalized spacial score (nSPS) is 12.7. The fraction of sp³-hybridized carbons (Fsp3) is 0.385. The van der Waals surface area contributed by atoms with Crippen molar-refractivity contribution in [3.05, 3.63) is 26.6 Å². The molecule has 0 saturated carbocycles. The number of rotatable bonds is 4. The Morgan fingerprint density at radius 2 is 2.05 bits per heavy atom. The lowest BCUT2D eigenvalue weighted by Gasteiger charge is -2.07. The van der Waals surface area contributed by atoms with Gasteiger partial charge in [-0.15, -0.1) is 21.5 Å². The van der Waals surface area contributed by atoms with Gasteiger partial charge >= 0.3 is 0 Å². The molecule has 0 fully saturated rings. The average Bonchev–Trinajstić information content (AvgIpc) is 3.04. The van der Waals surface area contributed by atoms with Gasteiger partial charge in [0.15, 0.2) is 4.34 Å². The van der Waals surface area contributed by atoms with Crippen molar-refractivity contribution >= 4 is 49.8 Å². The van der Waals surface area contributed by atoms with E-state index in [-0.39, 0.29) is 10.8 Å². The van der Waals surface area contributed by atoms with Crippen molar-refractivity contribution in [3.63, 3.8) is 0 Å². The van der Waals surface area contributed by atoms with Gasteiger partial charge < -0.3 is 10.3 Å². The van der Waals surface area contributed by atoms with Gasteiger partial charge in [-0.3, -0.25) is 4.79 Å². The first-order chi connectivity index (χ1) is 10.5. The van der Waals surface area contributed by atoms with E-state index < -0.39 is 0 Å². The molecule has 3 aromatic heterocycles. The highest BCUT2D eigenvalue weighted by Crippen LogP contribution is 2.36. The second-order valence-corrected chi connectivity index (χ2v) is 8.57. The number of hydrogen-bond donors (Lipinski definition) is 2. The van der Waals surface area contributed by atoms with E-state index in [1.165, 1.54) is 23.1 Å². The van der Waals surface area contributed by atoms with E-state index in [2.05, 4.69) is 25.5 Å². The molecule has 0 aliphatic heterocycles. The molecule has 22 heavy (non-hydrogen) atoms. The number of aromatic amines is 1. The number of aryl methyl sites for hydroxylation is 2. The monoisotopic (exact) mass is 353 g/mol. The molecule has 0 bridgehead atoms. The van der Waals surface area contributed by atoms with E-state index in [4.69, 9.17) is 0 Å². The molecule has 3 heterocycles. The number of anilines is 1. The van der Waals surface area contributed by atoms with Crippen molar-refractivity contribution in [2.45, 2.75) is 30.4 Å². The predicted molar refractivity (Wildman–Crippen MR) is 93.4 cm³/mol. The summed E-state index contributed by atoms with van der Waals surface area (Å²) in [4.78, 5) is 21.8. The van der Waals surface area contributed by atoms with Crippen LogP contribution in [0.1, 0.15) is 28.4 Å². The molecule has 0 amide bonds. The van der Waals surface area contributed by atoms with Gasteiger partial charge in [-0.1, -0.05) is 23.1 Å². The number of thioether (sulfide) groups is 1. The molecule has 0 aromatic carbocycles.